The molecule has 0 radical (unpaired) electrons. The second kappa shape index (κ2) is 8.92. The van der Waals surface area contributed by atoms with Crippen LogP contribution in [0.5, 0.6) is 0 Å². The van der Waals surface area contributed by atoms with Gasteiger partial charge in [0.25, 0.3) is 5.01 Å². The van der Waals surface area contributed by atoms with E-state index in [0.717, 1.165) is 30.8 Å². The lowest BCUT2D eigenvalue weighted by Gasteiger charge is -2.35. The molecule has 5 nitrogen and oxygen atoms in total. The fraction of sp³-hybridized carbons (Fsp3) is 0.143. The Morgan fingerprint density at radius 1 is 1.08 bits per heavy atom. The summed E-state index contributed by atoms with van der Waals surface area (Å²) >= 11 is 14.5. The quantitative estimate of drug-likeness (QED) is 0.110. The zero-order valence-electron chi connectivity index (χ0n) is 19.7. The van der Waals surface area contributed by atoms with Gasteiger partial charge in [0.2, 0.25) is 5.52 Å². The van der Waals surface area contributed by atoms with Crippen LogP contribution in [0, 0.1) is 23.2 Å². The summed E-state index contributed by atoms with van der Waals surface area (Å²) in [4.78, 5) is 30.5. The number of Topliss-reactive ketones (excluding diaryl/α,β-unsaturated/α-hetero) is 2. The van der Waals surface area contributed by atoms with Gasteiger partial charge in [-0.3, -0.25) is 9.59 Å². The third kappa shape index (κ3) is 3.59. The number of hydrogen-bond donors (Lipinski definition) is 0. The highest BCUT2D eigenvalue weighted by Crippen LogP contribution is 2.47. The van der Waals surface area contributed by atoms with Crippen LogP contribution in [0.2, 0.25) is 0 Å². The second-order valence-corrected chi connectivity index (χ2v) is 11.9. The molecule has 3 aliphatic rings. The second-order valence-electron chi connectivity index (χ2n) is 8.93. The topological polar surface area (TPSA) is 65.1 Å². The van der Waals surface area contributed by atoms with Crippen LogP contribution in [-0.2, 0) is 16.6 Å². The number of para-hydroxylation sites is 2. The molecule has 0 bridgehead atoms. The third-order valence-electron chi connectivity index (χ3n) is 6.91. The first-order valence-electron chi connectivity index (χ1n) is 11.4. The fourth-order valence-corrected chi connectivity index (χ4v) is 7.98. The van der Waals surface area contributed by atoms with Crippen molar-refractivity contribution in [1.29, 1.82) is 5.26 Å². The zero-order chi connectivity index (χ0) is 26.0. The van der Waals surface area contributed by atoms with Crippen molar-refractivity contribution in [2.45, 2.75) is 4.90 Å². The van der Waals surface area contributed by atoms with Crippen LogP contribution in [0.15, 0.2) is 81.3 Å². The lowest BCUT2D eigenvalue weighted by Crippen LogP contribution is -2.46. The number of thioether (sulfide) groups is 1. The molecule has 0 unspecified atom stereocenters. The molecule has 0 saturated heterocycles. The lowest BCUT2D eigenvalue weighted by molar-refractivity contribution is -0.642. The van der Waals surface area contributed by atoms with E-state index in [-0.39, 0.29) is 28.6 Å². The Balaban J connectivity index is 1.26. The molecule has 2 saturated carbocycles. The van der Waals surface area contributed by atoms with Crippen molar-refractivity contribution in [1.82, 2.24) is 0 Å². The van der Waals surface area contributed by atoms with E-state index in [1.807, 2.05) is 61.1 Å². The predicted octanol–water partition coefficient (Wildman–Crippen LogP) is 5.15. The number of nitriles is 1. The van der Waals surface area contributed by atoms with Crippen LogP contribution in [0.4, 0.5) is 5.69 Å². The van der Waals surface area contributed by atoms with E-state index < -0.39 is 5.92 Å². The fourth-order valence-electron chi connectivity index (χ4n) is 4.81. The number of aromatic nitrogens is 1. The largest absolute Gasteiger partial charge is 0.338 e. The number of rotatable bonds is 3. The number of nitrogens with zero attached hydrogens (tertiary/aromatic N) is 3. The van der Waals surface area contributed by atoms with Crippen LogP contribution >= 0.6 is 47.5 Å². The summed E-state index contributed by atoms with van der Waals surface area (Å²) in [7, 11) is 3.89. The molecule has 0 N–H and O–H groups in total. The molecule has 37 heavy (non-hydrogen) atoms. The Labute approximate surface area is 232 Å². The SMILES string of the molecule is CN1/C(=C\C2C(=S)C(=C(C#N)C3C(=O)C(=Cc4sc5ccccc5[n+]4C)C3=O)C2=S)Sc2ccccc21. The summed E-state index contributed by atoms with van der Waals surface area (Å²) in [6, 6.07) is 18.1. The highest BCUT2D eigenvalue weighted by Gasteiger charge is 2.51. The number of thiazole rings is 1. The molecular formula is C28H18N3O2S4+. The number of hydrogen-bond acceptors (Lipinski definition) is 8. The maximum Gasteiger partial charge on any atom is 0.263 e. The first kappa shape index (κ1) is 24.1. The number of thiocarbonyl (C=S) groups is 2. The number of aryl methyl sites for hydroxylation is 1. The smallest absolute Gasteiger partial charge is 0.263 e. The third-order valence-corrected chi connectivity index (χ3v) is 10.2. The predicted molar refractivity (Wildman–Crippen MR) is 155 cm³/mol. The number of benzene rings is 2. The highest BCUT2D eigenvalue weighted by atomic mass is 32.2. The first-order valence-corrected chi connectivity index (χ1v) is 13.9. The van der Waals surface area contributed by atoms with Gasteiger partial charge in [-0.05, 0) is 24.3 Å². The molecule has 6 rings (SSSR count). The first-order chi connectivity index (χ1) is 17.8. The number of carbonyl (C=O) groups excluding carboxylic acids is 2. The Morgan fingerprint density at radius 3 is 2.43 bits per heavy atom. The lowest BCUT2D eigenvalue weighted by atomic mass is 9.67. The van der Waals surface area contributed by atoms with Gasteiger partial charge in [0, 0.05) is 39.4 Å². The van der Waals surface area contributed by atoms with Crippen molar-refractivity contribution in [2.75, 3.05) is 11.9 Å². The number of fused-ring (bicyclic) bond motifs is 2. The van der Waals surface area contributed by atoms with E-state index in [4.69, 9.17) is 24.4 Å². The summed E-state index contributed by atoms with van der Waals surface area (Å²) in [6.45, 7) is 0. The maximum absolute atomic E-state index is 13.1. The summed E-state index contributed by atoms with van der Waals surface area (Å²) in [6.07, 6.45) is 3.63. The number of ketones is 2. The summed E-state index contributed by atoms with van der Waals surface area (Å²) in [5, 5.41) is 11.7. The monoisotopic (exact) mass is 556 g/mol. The molecule has 2 aromatic carbocycles. The minimum absolute atomic E-state index is 0.0771. The van der Waals surface area contributed by atoms with Crippen LogP contribution in [0.3, 0.4) is 0 Å². The van der Waals surface area contributed by atoms with Crippen molar-refractivity contribution in [3.05, 3.63) is 81.4 Å². The molecule has 2 heterocycles. The normalized spacial score (nSPS) is 21.8. The van der Waals surface area contributed by atoms with E-state index in [0.29, 0.717) is 15.3 Å². The Hall–Kier alpha value is -3.29. The average molecular weight is 557 g/mol. The van der Waals surface area contributed by atoms with Crippen LogP contribution in [0.25, 0.3) is 16.3 Å². The van der Waals surface area contributed by atoms with Gasteiger partial charge in [-0.2, -0.15) is 9.83 Å². The molecule has 2 fully saturated rings. The van der Waals surface area contributed by atoms with Gasteiger partial charge in [-0.15, -0.1) is 0 Å². The molecule has 1 aromatic heterocycles. The molecule has 3 aromatic rings. The van der Waals surface area contributed by atoms with Crippen molar-refractivity contribution in [3.63, 3.8) is 0 Å². The molecule has 0 amide bonds. The Bertz CT molecular complexity index is 1700. The average Bonchev–Trinajstić information content (AvgIpc) is 3.41. The molecule has 2 aliphatic carbocycles. The van der Waals surface area contributed by atoms with E-state index in [9.17, 15) is 14.9 Å². The van der Waals surface area contributed by atoms with E-state index in [1.165, 1.54) is 11.3 Å². The number of carbonyl (C=O) groups is 2. The van der Waals surface area contributed by atoms with Crippen LogP contribution in [-0.4, -0.2) is 28.3 Å². The van der Waals surface area contributed by atoms with Crippen LogP contribution < -0.4 is 9.47 Å². The van der Waals surface area contributed by atoms with Gasteiger partial charge in [0.05, 0.1) is 33.8 Å². The van der Waals surface area contributed by atoms with Crippen molar-refractivity contribution in [2.24, 2.45) is 18.9 Å². The Kier molecular flexibility index (Phi) is 5.81. The van der Waals surface area contributed by atoms with Crippen molar-refractivity contribution in [3.8, 4) is 6.07 Å². The maximum atomic E-state index is 13.1. The van der Waals surface area contributed by atoms with Gasteiger partial charge in [0.15, 0.2) is 11.6 Å². The van der Waals surface area contributed by atoms with E-state index in [1.54, 1.807) is 17.8 Å². The molecule has 0 atom stereocenters. The van der Waals surface area contributed by atoms with Crippen LogP contribution in [0.1, 0.15) is 5.01 Å². The van der Waals surface area contributed by atoms with Gasteiger partial charge in [0.1, 0.15) is 17.7 Å². The van der Waals surface area contributed by atoms with Gasteiger partial charge in [-0.25, -0.2) is 0 Å². The minimum atomic E-state index is -1.14. The molecular weight excluding hydrogens is 539 g/mol. The molecule has 1 aliphatic heterocycles. The van der Waals surface area contributed by atoms with Crippen molar-refractivity contribution >= 4 is 90.8 Å². The van der Waals surface area contributed by atoms with Gasteiger partial charge >= 0.3 is 0 Å². The summed E-state index contributed by atoms with van der Waals surface area (Å²) in [5.74, 6) is -2.15. The zero-order valence-corrected chi connectivity index (χ0v) is 23.0. The number of allylic oxidation sites excluding steroid dienone is 4. The summed E-state index contributed by atoms with van der Waals surface area (Å²) < 4.78 is 3.02. The highest BCUT2D eigenvalue weighted by molar-refractivity contribution is 8.03. The standard InChI is InChI=1S/C28H18N3O2S4/c1-30-17-7-3-5-9-19(17)36-21(30)11-14-25(32)23(26(14)33)16(13-29)24-27(34)15(28(24)35)12-22-31(2)18-8-4-6-10-20(18)37-22/h3-12,15,23H,1-2H3/q+1/b14-11?,22-12+,24-16?. The number of anilines is 1. The van der Waals surface area contributed by atoms with Crippen molar-refractivity contribution < 1.29 is 14.2 Å². The Morgan fingerprint density at radius 2 is 1.76 bits per heavy atom. The minimum Gasteiger partial charge on any atom is -0.338 e. The summed E-state index contributed by atoms with van der Waals surface area (Å²) in [5.41, 5.74) is 2.73. The molecule has 9 heteroatoms. The van der Waals surface area contributed by atoms with E-state index in [2.05, 4.69) is 23.1 Å². The van der Waals surface area contributed by atoms with Gasteiger partial charge in [-0.1, -0.05) is 71.8 Å². The van der Waals surface area contributed by atoms with Gasteiger partial charge < -0.3 is 4.90 Å². The molecule has 0 spiro atoms. The van der Waals surface area contributed by atoms with E-state index >= 15 is 0 Å². The molecule has 180 valence electrons.